The maximum atomic E-state index is 12.9. The Balaban J connectivity index is 2.01. The molecule has 0 saturated carbocycles. The zero-order chi connectivity index (χ0) is 13.7. The van der Waals surface area contributed by atoms with Crippen molar-refractivity contribution in [2.75, 3.05) is 6.54 Å². The number of hydrogen-bond donors (Lipinski definition) is 1. The smallest absolute Gasteiger partial charge is 0.188 e. The van der Waals surface area contributed by atoms with Gasteiger partial charge in [0.2, 0.25) is 0 Å². The molecule has 2 aromatic rings. The molecule has 2 aromatic carbocycles. The molecule has 1 aliphatic carbocycles. The molecule has 1 heterocycles. The number of rotatable bonds is 1. The molecule has 0 amide bonds. The highest BCUT2D eigenvalue weighted by Gasteiger charge is 2.60. The van der Waals surface area contributed by atoms with Crippen molar-refractivity contribution in [2.45, 2.75) is 11.5 Å². The summed E-state index contributed by atoms with van der Waals surface area (Å²) in [6.07, 6.45) is 0. The lowest BCUT2D eigenvalue weighted by Crippen LogP contribution is -2.44. The van der Waals surface area contributed by atoms with Crippen LogP contribution in [0, 0.1) is 0 Å². The summed E-state index contributed by atoms with van der Waals surface area (Å²) in [5, 5.41) is 3.20. The highest BCUT2D eigenvalue weighted by molar-refractivity contribution is 6.16. The Hall–Kier alpha value is -2.26. The number of benzene rings is 2. The molecule has 1 fully saturated rings. The summed E-state index contributed by atoms with van der Waals surface area (Å²) in [6.45, 7) is 0.250. The van der Waals surface area contributed by atoms with Gasteiger partial charge in [0.15, 0.2) is 11.6 Å². The number of nitrogens with one attached hydrogen (secondary N) is 1. The van der Waals surface area contributed by atoms with E-state index in [2.05, 4.69) is 5.32 Å². The number of ketones is 2. The zero-order valence-electron chi connectivity index (χ0n) is 10.8. The third-order valence-electron chi connectivity index (χ3n) is 4.40. The van der Waals surface area contributed by atoms with Crippen molar-refractivity contribution in [1.29, 1.82) is 0 Å². The number of fused-ring (bicyclic) bond motifs is 3. The van der Waals surface area contributed by atoms with E-state index in [-0.39, 0.29) is 18.1 Å². The Bertz CT molecular complexity index is 723. The van der Waals surface area contributed by atoms with Crippen molar-refractivity contribution >= 4 is 11.6 Å². The fraction of sp³-hybridized carbons (Fsp3) is 0.176. The second-order valence-electron chi connectivity index (χ2n) is 5.34. The van der Waals surface area contributed by atoms with E-state index in [0.29, 0.717) is 5.56 Å². The maximum Gasteiger partial charge on any atom is 0.188 e. The van der Waals surface area contributed by atoms with Crippen molar-refractivity contribution in [1.82, 2.24) is 5.32 Å². The Morgan fingerprint density at radius 1 is 0.950 bits per heavy atom. The molecule has 1 aliphatic heterocycles. The molecule has 4 rings (SSSR count). The van der Waals surface area contributed by atoms with Crippen molar-refractivity contribution in [2.24, 2.45) is 0 Å². The van der Waals surface area contributed by atoms with Crippen LogP contribution >= 0.6 is 0 Å². The molecule has 1 N–H and O–H groups in total. The Kier molecular flexibility index (Phi) is 2.24. The van der Waals surface area contributed by atoms with Crippen LogP contribution in [0.25, 0.3) is 0 Å². The molecule has 0 aromatic heterocycles. The monoisotopic (exact) mass is 263 g/mol. The third-order valence-corrected chi connectivity index (χ3v) is 4.40. The van der Waals surface area contributed by atoms with E-state index in [4.69, 9.17) is 0 Å². The van der Waals surface area contributed by atoms with Crippen molar-refractivity contribution < 1.29 is 9.59 Å². The maximum absolute atomic E-state index is 12.9. The highest BCUT2D eigenvalue weighted by atomic mass is 16.1. The van der Waals surface area contributed by atoms with Crippen molar-refractivity contribution in [3.8, 4) is 0 Å². The standard InChI is InChI=1S/C17H13NO2/c19-14-10-18-17(11-6-2-1-3-7-11)15(14)12-8-4-5-9-13(12)16(17)20/h1-9,15,18H,10H2/t15-,17+/m0/s1. The first kappa shape index (κ1) is 11.6. The molecular weight excluding hydrogens is 250 g/mol. The molecule has 1 saturated heterocycles. The molecule has 20 heavy (non-hydrogen) atoms. The van der Waals surface area contributed by atoms with Crippen LogP contribution < -0.4 is 5.32 Å². The minimum absolute atomic E-state index is 0.00940. The molecule has 2 atom stereocenters. The van der Waals surface area contributed by atoms with Gasteiger partial charge >= 0.3 is 0 Å². The van der Waals surface area contributed by atoms with Crippen molar-refractivity contribution in [3.05, 3.63) is 71.3 Å². The van der Waals surface area contributed by atoms with Gasteiger partial charge in [-0.3, -0.25) is 14.9 Å². The molecule has 0 bridgehead atoms. The lowest BCUT2D eigenvalue weighted by Gasteiger charge is -2.27. The van der Waals surface area contributed by atoms with E-state index in [1.165, 1.54) is 0 Å². The largest absolute Gasteiger partial charge is 0.297 e. The van der Waals surface area contributed by atoms with E-state index in [1.807, 2.05) is 54.6 Å². The van der Waals surface area contributed by atoms with Gasteiger partial charge in [0, 0.05) is 5.56 Å². The summed E-state index contributed by atoms with van der Waals surface area (Å²) in [5.74, 6) is -0.295. The number of carbonyl (C=O) groups is 2. The molecule has 0 spiro atoms. The SMILES string of the molecule is O=C1CN[C@@]2(c3ccccc3)C(=O)c3ccccc3[C@@H]12. The zero-order valence-corrected chi connectivity index (χ0v) is 10.8. The second kappa shape index (κ2) is 3.87. The van der Waals surface area contributed by atoms with Crippen LogP contribution in [0.1, 0.15) is 27.4 Å². The van der Waals surface area contributed by atoms with Gasteiger partial charge in [-0.1, -0.05) is 54.6 Å². The molecular formula is C17H13NO2. The van der Waals surface area contributed by atoms with E-state index in [9.17, 15) is 9.59 Å². The van der Waals surface area contributed by atoms with Crippen LogP contribution in [0.4, 0.5) is 0 Å². The van der Waals surface area contributed by atoms with Gasteiger partial charge in [0.1, 0.15) is 5.54 Å². The van der Waals surface area contributed by atoms with E-state index in [1.54, 1.807) is 0 Å². The van der Waals surface area contributed by atoms with Gasteiger partial charge in [-0.15, -0.1) is 0 Å². The Labute approximate surface area is 116 Å². The number of Topliss-reactive ketones (excluding diaryl/α,β-unsaturated/α-hetero) is 2. The minimum atomic E-state index is -0.901. The Morgan fingerprint density at radius 3 is 2.45 bits per heavy atom. The molecule has 3 nitrogen and oxygen atoms in total. The van der Waals surface area contributed by atoms with Gasteiger partial charge in [-0.2, -0.15) is 0 Å². The van der Waals surface area contributed by atoms with Crippen molar-refractivity contribution in [3.63, 3.8) is 0 Å². The topological polar surface area (TPSA) is 46.2 Å². The predicted octanol–water partition coefficient (Wildman–Crippen LogP) is 2.03. The van der Waals surface area contributed by atoms with E-state index >= 15 is 0 Å². The quantitative estimate of drug-likeness (QED) is 0.856. The molecule has 2 aliphatic rings. The van der Waals surface area contributed by atoms with Gasteiger partial charge < -0.3 is 0 Å². The Morgan fingerprint density at radius 2 is 1.65 bits per heavy atom. The minimum Gasteiger partial charge on any atom is -0.297 e. The van der Waals surface area contributed by atoms with Gasteiger partial charge in [-0.25, -0.2) is 0 Å². The summed E-state index contributed by atoms with van der Waals surface area (Å²) >= 11 is 0. The average molecular weight is 263 g/mol. The van der Waals surface area contributed by atoms with Gasteiger partial charge in [0.25, 0.3) is 0 Å². The molecule has 98 valence electrons. The van der Waals surface area contributed by atoms with Crippen LogP contribution in [-0.4, -0.2) is 18.1 Å². The highest BCUT2D eigenvalue weighted by Crippen LogP contribution is 2.50. The number of carbonyl (C=O) groups excluding carboxylic acids is 2. The summed E-state index contributed by atoms with van der Waals surface area (Å²) in [5.41, 5.74) is 1.50. The molecule has 0 radical (unpaired) electrons. The summed E-state index contributed by atoms with van der Waals surface area (Å²) < 4.78 is 0. The number of hydrogen-bond acceptors (Lipinski definition) is 3. The third kappa shape index (κ3) is 1.23. The summed E-state index contributed by atoms with van der Waals surface area (Å²) in [6, 6.07) is 17.0. The van der Waals surface area contributed by atoms with Gasteiger partial charge in [0.05, 0.1) is 12.5 Å². The normalized spacial score (nSPS) is 27.5. The first-order valence-corrected chi connectivity index (χ1v) is 6.72. The summed E-state index contributed by atoms with van der Waals surface area (Å²) in [7, 11) is 0. The lowest BCUT2D eigenvalue weighted by atomic mass is 9.79. The lowest BCUT2D eigenvalue weighted by molar-refractivity contribution is -0.117. The fourth-order valence-corrected chi connectivity index (χ4v) is 3.56. The first-order chi connectivity index (χ1) is 9.75. The van der Waals surface area contributed by atoms with E-state index < -0.39 is 11.5 Å². The molecule has 3 heteroatoms. The molecule has 0 unspecified atom stereocenters. The van der Waals surface area contributed by atoms with Crippen LogP contribution in [0.15, 0.2) is 54.6 Å². The average Bonchev–Trinajstić information content (AvgIpc) is 2.97. The van der Waals surface area contributed by atoms with Crippen LogP contribution in [0.3, 0.4) is 0 Å². The predicted molar refractivity (Wildman–Crippen MR) is 74.6 cm³/mol. The van der Waals surface area contributed by atoms with Crippen LogP contribution in [-0.2, 0) is 10.3 Å². The van der Waals surface area contributed by atoms with E-state index in [0.717, 1.165) is 11.1 Å². The summed E-state index contributed by atoms with van der Waals surface area (Å²) in [4.78, 5) is 25.3. The fourth-order valence-electron chi connectivity index (χ4n) is 3.56. The second-order valence-corrected chi connectivity index (χ2v) is 5.34. The van der Waals surface area contributed by atoms with Crippen LogP contribution in [0.5, 0.6) is 0 Å². The van der Waals surface area contributed by atoms with Gasteiger partial charge in [-0.05, 0) is 11.1 Å². The van der Waals surface area contributed by atoms with Crippen LogP contribution in [0.2, 0.25) is 0 Å². The first-order valence-electron chi connectivity index (χ1n) is 6.72.